The van der Waals surface area contributed by atoms with Gasteiger partial charge in [0.25, 0.3) is 0 Å². The van der Waals surface area contributed by atoms with E-state index in [0.29, 0.717) is 24.9 Å². The van der Waals surface area contributed by atoms with Crippen molar-refractivity contribution in [1.29, 1.82) is 0 Å². The summed E-state index contributed by atoms with van der Waals surface area (Å²) in [6.45, 7) is 0.296. The predicted molar refractivity (Wildman–Crippen MR) is 66.5 cm³/mol. The second-order valence-corrected chi connectivity index (χ2v) is 5.35. The first-order valence-corrected chi connectivity index (χ1v) is 6.42. The SMILES string of the molecule is NCC1(Cc2cccc(C(F)(F)F)c2)CCCC1O. The van der Waals surface area contributed by atoms with E-state index in [4.69, 9.17) is 5.73 Å². The summed E-state index contributed by atoms with van der Waals surface area (Å²) in [5.41, 5.74) is 5.22. The Labute approximate surface area is 110 Å². The normalized spacial score (nSPS) is 27.7. The van der Waals surface area contributed by atoms with Gasteiger partial charge < -0.3 is 10.8 Å². The molecule has 0 saturated heterocycles. The smallest absolute Gasteiger partial charge is 0.392 e. The third kappa shape index (κ3) is 2.92. The van der Waals surface area contributed by atoms with E-state index >= 15 is 0 Å². The number of nitrogens with two attached hydrogens (primary N) is 1. The van der Waals surface area contributed by atoms with Crippen LogP contribution in [0.1, 0.15) is 30.4 Å². The summed E-state index contributed by atoms with van der Waals surface area (Å²) in [7, 11) is 0. The van der Waals surface area contributed by atoms with Crippen LogP contribution in [-0.4, -0.2) is 17.8 Å². The number of hydrogen-bond donors (Lipinski definition) is 2. The van der Waals surface area contributed by atoms with E-state index in [2.05, 4.69) is 0 Å². The minimum Gasteiger partial charge on any atom is -0.392 e. The number of benzene rings is 1. The number of aliphatic hydroxyl groups excluding tert-OH is 1. The second-order valence-electron chi connectivity index (χ2n) is 5.35. The summed E-state index contributed by atoms with van der Waals surface area (Å²) in [4.78, 5) is 0. The molecule has 2 unspecified atom stereocenters. The van der Waals surface area contributed by atoms with Crippen molar-refractivity contribution in [2.75, 3.05) is 6.54 Å². The van der Waals surface area contributed by atoms with Gasteiger partial charge in [-0.3, -0.25) is 0 Å². The average molecular weight is 273 g/mol. The van der Waals surface area contributed by atoms with Gasteiger partial charge in [-0.1, -0.05) is 24.6 Å². The summed E-state index contributed by atoms with van der Waals surface area (Å²) in [6.07, 6.45) is -2.14. The standard InChI is InChI=1S/C14H18F3NO/c15-14(16,17)11-4-1-3-10(7-11)8-13(9-18)6-2-5-12(13)19/h1,3-4,7,12,19H,2,5-6,8-9,18H2. The maximum absolute atomic E-state index is 12.7. The zero-order valence-electron chi connectivity index (χ0n) is 10.6. The molecule has 2 nitrogen and oxygen atoms in total. The van der Waals surface area contributed by atoms with E-state index < -0.39 is 23.3 Å². The molecule has 0 aliphatic heterocycles. The van der Waals surface area contributed by atoms with Gasteiger partial charge in [0.2, 0.25) is 0 Å². The van der Waals surface area contributed by atoms with E-state index in [1.807, 2.05) is 0 Å². The zero-order valence-corrected chi connectivity index (χ0v) is 10.6. The van der Waals surface area contributed by atoms with Crippen molar-refractivity contribution in [2.45, 2.75) is 38.0 Å². The summed E-state index contributed by atoms with van der Waals surface area (Å²) in [6, 6.07) is 5.29. The molecule has 106 valence electrons. The predicted octanol–water partition coefficient (Wildman–Crippen LogP) is 2.74. The number of rotatable bonds is 3. The van der Waals surface area contributed by atoms with Crippen LogP contribution in [0.3, 0.4) is 0 Å². The number of hydrogen-bond acceptors (Lipinski definition) is 2. The number of halogens is 3. The highest BCUT2D eigenvalue weighted by Gasteiger charge is 2.41. The first-order chi connectivity index (χ1) is 8.87. The molecule has 1 aromatic carbocycles. The monoisotopic (exact) mass is 273 g/mol. The van der Waals surface area contributed by atoms with Crippen LogP contribution in [0.5, 0.6) is 0 Å². The van der Waals surface area contributed by atoms with Crippen LogP contribution in [0.15, 0.2) is 24.3 Å². The molecule has 19 heavy (non-hydrogen) atoms. The molecule has 0 amide bonds. The van der Waals surface area contributed by atoms with Crippen LogP contribution in [0.2, 0.25) is 0 Å². The number of alkyl halides is 3. The molecule has 1 aliphatic carbocycles. The average Bonchev–Trinajstić information content (AvgIpc) is 2.71. The van der Waals surface area contributed by atoms with Crippen LogP contribution in [0.25, 0.3) is 0 Å². The fraction of sp³-hybridized carbons (Fsp3) is 0.571. The first kappa shape index (κ1) is 14.3. The maximum atomic E-state index is 12.7. The topological polar surface area (TPSA) is 46.2 Å². The molecule has 2 atom stereocenters. The van der Waals surface area contributed by atoms with Crippen molar-refractivity contribution >= 4 is 0 Å². The van der Waals surface area contributed by atoms with Gasteiger partial charge in [-0.15, -0.1) is 0 Å². The van der Waals surface area contributed by atoms with E-state index in [1.165, 1.54) is 6.07 Å². The Morgan fingerprint density at radius 3 is 2.63 bits per heavy atom. The van der Waals surface area contributed by atoms with E-state index in [0.717, 1.165) is 25.0 Å². The highest BCUT2D eigenvalue weighted by atomic mass is 19.4. The highest BCUT2D eigenvalue weighted by molar-refractivity contribution is 5.27. The minimum absolute atomic E-state index is 0.296. The Morgan fingerprint density at radius 2 is 2.11 bits per heavy atom. The van der Waals surface area contributed by atoms with Crippen molar-refractivity contribution in [3.8, 4) is 0 Å². The van der Waals surface area contributed by atoms with Gasteiger partial charge in [-0.05, 0) is 30.9 Å². The molecule has 2 rings (SSSR count). The maximum Gasteiger partial charge on any atom is 0.416 e. The highest BCUT2D eigenvalue weighted by Crippen LogP contribution is 2.41. The summed E-state index contributed by atoms with van der Waals surface area (Å²) < 4.78 is 38.0. The van der Waals surface area contributed by atoms with Gasteiger partial charge in [0.05, 0.1) is 11.7 Å². The molecule has 0 bridgehead atoms. The van der Waals surface area contributed by atoms with Crippen LogP contribution >= 0.6 is 0 Å². The summed E-state index contributed by atoms with van der Waals surface area (Å²) in [5.74, 6) is 0. The molecule has 1 aliphatic rings. The summed E-state index contributed by atoms with van der Waals surface area (Å²) in [5, 5.41) is 10.0. The molecular formula is C14H18F3NO. The third-order valence-corrected chi connectivity index (χ3v) is 4.08. The Hall–Kier alpha value is -1.07. The molecule has 0 radical (unpaired) electrons. The minimum atomic E-state index is -4.33. The van der Waals surface area contributed by atoms with Crippen molar-refractivity contribution in [1.82, 2.24) is 0 Å². The lowest BCUT2D eigenvalue weighted by Crippen LogP contribution is -2.39. The molecule has 0 aromatic heterocycles. The number of aliphatic hydroxyl groups is 1. The van der Waals surface area contributed by atoms with Crippen LogP contribution in [0.4, 0.5) is 13.2 Å². The lowest BCUT2D eigenvalue weighted by molar-refractivity contribution is -0.137. The van der Waals surface area contributed by atoms with Crippen molar-refractivity contribution < 1.29 is 18.3 Å². The van der Waals surface area contributed by atoms with Gasteiger partial charge in [0.15, 0.2) is 0 Å². The molecule has 0 spiro atoms. The van der Waals surface area contributed by atoms with E-state index in [1.54, 1.807) is 6.07 Å². The van der Waals surface area contributed by atoms with Crippen LogP contribution < -0.4 is 5.73 Å². The van der Waals surface area contributed by atoms with E-state index in [-0.39, 0.29) is 0 Å². The molecule has 3 N–H and O–H groups in total. The lowest BCUT2D eigenvalue weighted by atomic mass is 9.78. The fourth-order valence-electron chi connectivity index (χ4n) is 2.90. The Kier molecular flexibility index (Phi) is 3.87. The molecule has 5 heteroatoms. The largest absolute Gasteiger partial charge is 0.416 e. The van der Waals surface area contributed by atoms with Gasteiger partial charge in [0, 0.05) is 12.0 Å². The Morgan fingerprint density at radius 1 is 1.37 bits per heavy atom. The Balaban J connectivity index is 2.23. The molecule has 1 fully saturated rings. The van der Waals surface area contributed by atoms with Gasteiger partial charge in [-0.2, -0.15) is 13.2 Å². The molecule has 1 saturated carbocycles. The lowest BCUT2D eigenvalue weighted by Gasteiger charge is -2.31. The fourth-order valence-corrected chi connectivity index (χ4v) is 2.90. The van der Waals surface area contributed by atoms with Crippen molar-refractivity contribution in [3.05, 3.63) is 35.4 Å². The first-order valence-electron chi connectivity index (χ1n) is 6.42. The molecule has 1 aromatic rings. The van der Waals surface area contributed by atoms with Crippen LogP contribution in [-0.2, 0) is 12.6 Å². The third-order valence-electron chi connectivity index (χ3n) is 4.08. The molecular weight excluding hydrogens is 255 g/mol. The second kappa shape index (κ2) is 5.13. The van der Waals surface area contributed by atoms with Gasteiger partial charge in [-0.25, -0.2) is 0 Å². The summed E-state index contributed by atoms with van der Waals surface area (Å²) >= 11 is 0. The Bertz CT molecular complexity index is 447. The van der Waals surface area contributed by atoms with E-state index in [9.17, 15) is 18.3 Å². The van der Waals surface area contributed by atoms with Gasteiger partial charge >= 0.3 is 6.18 Å². The quantitative estimate of drug-likeness (QED) is 0.889. The van der Waals surface area contributed by atoms with Crippen molar-refractivity contribution in [2.24, 2.45) is 11.1 Å². The van der Waals surface area contributed by atoms with Crippen LogP contribution in [0, 0.1) is 5.41 Å². The zero-order chi connectivity index (χ0) is 14.1. The van der Waals surface area contributed by atoms with Gasteiger partial charge in [0.1, 0.15) is 0 Å². The van der Waals surface area contributed by atoms with Crippen molar-refractivity contribution in [3.63, 3.8) is 0 Å². The molecule has 0 heterocycles.